The number of rotatable bonds is 9. The van der Waals surface area contributed by atoms with Gasteiger partial charge in [0.05, 0.1) is 20.3 Å². The van der Waals surface area contributed by atoms with Gasteiger partial charge in [0.15, 0.2) is 11.5 Å². The summed E-state index contributed by atoms with van der Waals surface area (Å²) >= 11 is 0. The molecule has 0 aromatic heterocycles. The van der Waals surface area contributed by atoms with Crippen LogP contribution in [0.4, 0.5) is 0 Å². The van der Waals surface area contributed by atoms with Crippen LogP contribution in [0.1, 0.15) is 36.5 Å². The minimum atomic E-state index is 0.648. The molecule has 3 heteroatoms. The van der Waals surface area contributed by atoms with Crippen LogP contribution < -0.4 is 14.2 Å². The number of methoxy groups -OCH3 is 1. The van der Waals surface area contributed by atoms with Crippen LogP contribution >= 0.6 is 0 Å². The van der Waals surface area contributed by atoms with Gasteiger partial charge in [-0.1, -0.05) is 30.4 Å². The first-order valence-corrected chi connectivity index (χ1v) is 8.78. The lowest BCUT2D eigenvalue weighted by molar-refractivity contribution is 0.257. The maximum absolute atomic E-state index is 5.87. The van der Waals surface area contributed by atoms with Gasteiger partial charge in [-0.2, -0.15) is 0 Å². The molecule has 0 fully saturated rings. The molecular weight excluding hydrogens is 312 g/mol. The predicted octanol–water partition coefficient (Wildman–Crippen LogP) is 5.58. The van der Waals surface area contributed by atoms with Gasteiger partial charge in [0, 0.05) is 0 Å². The van der Waals surface area contributed by atoms with Crippen molar-refractivity contribution in [3.63, 3.8) is 0 Å². The summed E-state index contributed by atoms with van der Waals surface area (Å²) in [5, 5.41) is 0. The first-order valence-electron chi connectivity index (χ1n) is 8.78. The molecule has 0 amide bonds. The number of benzene rings is 2. The highest BCUT2D eigenvalue weighted by Crippen LogP contribution is 2.28. The SMILES string of the molecule is CC=Cc1ccc(OCCCCOc2cccc(C)c2C)c(OC)c1. The molecule has 2 aromatic carbocycles. The largest absolute Gasteiger partial charge is 0.493 e. The molecule has 0 bridgehead atoms. The van der Waals surface area contributed by atoms with Crippen LogP contribution in [0.25, 0.3) is 6.08 Å². The molecule has 0 heterocycles. The number of allylic oxidation sites excluding steroid dienone is 1. The van der Waals surface area contributed by atoms with Crippen molar-refractivity contribution in [1.29, 1.82) is 0 Å². The predicted molar refractivity (Wildman–Crippen MR) is 104 cm³/mol. The topological polar surface area (TPSA) is 27.7 Å². The Bertz CT molecular complexity index is 704. The zero-order valence-corrected chi connectivity index (χ0v) is 15.7. The van der Waals surface area contributed by atoms with E-state index in [-0.39, 0.29) is 0 Å². The molecule has 0 saturated heterocycles. The van der Waals surface area contributed by atoms with Crippen molar-refractivity contribution in [2.24, 2.45) is 0 Å². The van der Waals surface area contributed by atoms with E-state index in [1.165, 1.54) is 11.1 Å². The highest BCUT2D eigenvalue weighted by atomic mass is 16.5. The first-order chi connectivity index (χ1) is 12.2. The fraction of sp³-hybridized carbons (Fsp3) is 0.364. The molecule has 0 atom stereocenters. The molecule has 25 heavy (non-hydrogen) atoms. The number of unbranched alkanes of at least 4 members (excludes halogenated alkanes) is 1. The third kappa shape index (κ3) is 5.56. The maximum Gasteiger partial charge on any atom is 0.161 e. The van der Waals surface area contributed by atoms with Gasteiger partial charge < -0.3 is 14.2 Å². The van der Waals surface area contributed by atoms with Crippen LogP contribution in [-0.2, 0) is 0 Å². The Balaban J connectivity index is 1.75. The Morgan fingerprint density at radius 3 is 2.28 bits per heavy atom. The number of ether oxygens (including phenoxy) is 3. The van der Waals surface area contributed by atoms with Crippen molar-refractivity contribution in [3.8, 4) is 17.2 Å². The van der Waals surface area contributed by atoms with E-state index in [4.69, 9.17) is 14.2 Å². The lowest BCUT2D eigenvalue weighted by atomic mass is 10.1. The zero-order valence-electron chi connectivity index (χ0n) is 15.7. The molecular formula is C22H28O3. The van der Waals surface area contributed by atoms with Crippen LogP contribution in [-0.4, -0.2) is 20.3 Å². The van der Waals surface area contributed by atoms with E-state index in [2.05, 4.69) is 19.9 Å². The number of hydrogen-bond acceptors (Lipinski definition) is 3. The van der Waals surface area contributed by atoms with Crippen molar-refractivity contribution in [2.75, 3.05) is 20.3 Å². The van der Waals surface area contributed by atoms with E-state index in [1.807, 2.05) is 49.4 Å². The number of aryl methyl sites for hydroxylation is 1. The van der Waals surface area contributed by atoms with Crippen LogP contribution in [0.5, 0.6) is 17.2 Å². The summed E-state index contributed by atoms with van der Waals surface area (Å²) in [6.07, 6.45) is 5.93. The monoisotopic (exact) mass is 340 g/mol. The molecule has 0 aliphatic rings. The van der Waals surface area contributed by atoms with Gasteiger partial charge in [-0.25, -0.2) is 0 Å². The van der Waals surface area contributed by atoms with Gasteiger partial charge in [0.1, 0.15) is 5.75 Å². The average Bonchev–Trinajstić information content (AvgIpc) is 2.62. The summed E-state index contributed by atoms with van der Waals surface area (Å²) in [5.74, 6) is 2.52. The maximum atomic E-state index is 5.87. The molecule has 0 aliphatic heterocycles. The van der Waals surface area contributed by atoms with Crippen molar-refractivity contribution in [3.05, 3.63) is 59.2 Å². The Hall–Kier alpha value is -2.42. The molecule has 134 valence electrons. The lowest BCUT2D eigenvalue weighted by Gasteiger charge is -2.12. The third-order valence-corrected chi connectivity index (χ3v) is 4.16. The Morgan fingerprint density at radius 2 is 1.60 bits per heavy atom. The quantitative estimate of drug-likeness (QED) is 0.557. The molecule has 3 nitrogen and oxygen atoms in total. The summed E-state index contributed by atoms with van der Waals surface area (Å²) in [5.41, 5.74) is 3.58. The van der Waals surface area contributed by atoms with E-state index < -0.39 is 0 Å². The van der Waals surface area contributed by atoms with Gasteiger partial charge in [0.2, 0.25) is 0 Å². The van der Waals surface area contributed by atoms with Crippen LogP contribution in [0.3, 0.4) is 0 Å². The third-order valence-electron chi connectivity index (χ3n) is 4.16. The summed E-state index contributed by atoms with van der Waals surface area (Å²) < 4.78 is 17.1. The molecule has 0 unspecified atom stereocenters. The smallest absolute Gasteiger partial charge is 0.161 e. The summed E-state index contributed by atoms with van der Waals surface area (Å²) in [6.45, 7) is 7.54. The Kier molecular flexibility index (Phi) is 7.39. The van der Waals surface area contributed by atoms with E-state index in [0.717, 1.165) is 35.7 Å². The normalized spacial score (nSPS) is 10.9. The summed E-state index contributed by atoms with van der Waals surface area (Å²) in [4.78, 5) is 0. The van der Waals surface area contributed by atoms with Crippen LogP contribution in [0.2, 0.25) is 0 Å². The first kappa shape index (κ1) is 18.9. The Labute approximate surface area is 151 Å². The van der Waals surface area contributed by atoms with Crippen LogP contribution in [0.15, 0.2) is 42.5 Å². The fourth-order valence-electron chi connectivity index (χ4n) is 2.55. The summed E-state index contributed by atoms with van der Waals surface area (Å²) in [6, 6.07) is 12.1. The minimum absolute atomic E-state index is 0.648. The molecule has 2 aromatic rings. The van der Waals surface area contributed by atoms with E-state index in [1.54, 1.807) is 7.11 Å². The van der Waals surface area contributed by atoms with E-state index >= 15 is 0 Å². The van der Waals surface area contributed by atoms with Crippen molar-refractivity contribution >= 4 is 6.08 Å². The molecule has 2 rings (SSSR count). The second-order valence-corrected chi connectivity index (χ2v) is 6.01. The summed E-state index contributed by atoms with van der Waals surface area (Å²) in [7, 11) is 1.67. The van der Waals surface area contributed by atoms with Crippen molar-refractivity contribution in [2.45, 2.75) is 33.6 Å². The van der Waals surface area contributed by atoms with Gasteiger partial charge in [-0.15, -0.1) is 0 Å². The van der Waals surface area contributed by atoms with E-state index in [0.29, 0.717) is 13.2 Å². The second-order valence-electron chi connectivity index (χ2n) is 6.01. The van der Waals surface area contributed by atoms with Crippen molar-refractivity contribution < 1.29 is 14.2 Å². The van der Waals surface area contributed by atoms with Gasteiger partial charge in [-0.3, -0.25) is 0 Å². The lowest BCUT2D eigenvalue weighted by Crippen LogP contribution is -2.04. The molecule has 0 N–H and O–H groups in total. The minimum Gasteiger partial charge on any atom is -0.493 e. The highest BCUT2D eigenvalue weighted by Gasteiger charge is 2.05. The fourth-order valence-corrected chi connectivity index (χ4v) is 2.55. The molecule has 0 radical (unpaired) electrons. The number of hydrogen-bond donors (Lipinski definition) is 0. The van der Waals surface area contributed by atoms with E-state index in [9.17, 15) is 0 Å². The Morgan fingerprint density at radius 1 is 0.880 bits per heavy atom. The second kappa shape index (κ2) is 9.77. The average molecular weight is 340 g/mol. The molecule has 0 saturated carbocycles. The highest BCUT2D eigenvalue weighted by molar-refractivity contribution is 5.55. The zero-order chi connectivity index (χ0) is 18.1. The van der Waals surface area contributed by atoms with Gasteiger partial charge in [-0.05, 0) is 68.5 Å². The van der Waals surface area contributed by atoms with Crippen LogP contribution in [0, 0.1) is 13.8 Å². The molecule has 0 spiro atoms. The van der Waals surface area contributed by atoms with Gasteiger partial charge in [0.25, 0.3) is 0 Å². The standard InChI is InChI=1S/C22H28O3/c1-5-9-19-12-13-21(22(16-19)23-4)25-15-7-6-14-24-20-11-8-10-17(2)18(20)3/h5,8-13,16H,6-7,14-15H2,1-4H3. The molecule has 0 aliphatic carbocycles. The van der Waals surface area contributed by atoms with Gasteiger partial charge >= 0.3 is 0 Å². The van der Waals surface area contributed by atoms with Crippen molar-refractivity contribution in [1.82, 2.24) is 0 Å².